The quantitative estimate of drug-likeness (QED) is 0.690. The highest BCUT2D eigenvalue weighted by Gasteiger charge is 2.17. The fourth-order valence-electron chi connectivity index (χ4n) is 1.94. The third kappa shape index (κ3) is 3.22. The molecule has 1 N–H and O–H groups in total. The molecule has 0 aliphatic carbocycles. The number of carbonyl (C=O) groups excluding carboxylic acids is 1. The molecule has 0 unspecified atom stereocenters. The van der Waals surface area contributed by atoms with E-state index in [1.807, 2.05) is 19.1 Å². The Labute approximate surface area is 120 Å². The Balaban J connectivity index is 2.32. The van der Waals surface area contributed by atoms with Gasteiger partial charge in [-0.05, 0) is 24.1 Å². The monoisotopic (exact) mass is 288 g/mol. The van der Waals surface area contributed by atoms with Crippen LogP contribution in [0.2, 0.25) is 0 Å². The van der Waals surface area contributed by atoms with E-state index < -0.39 is 16.6 Å². The average Bonchev–Trinajstić information content (AvgIpc) is 2.47. The van der Waals surface area contributed by atoms with Crippen molar-refractivity contribution >= 4 is 17.3 Å². The molecule has 0 radical (unpaired) electrons. The van der Waals surface area contributed by atoms with Crippen molar-refractivity contribution in [3.63, 3.8) is 0 Å². The Kier molecular flexibility index (Phi) is 4.27. The molecule has 0 aliphatic rings. The van der Waals surface area contributed by atoms with Gasteiger partial charge in [0.25, 0.3) is 11.6 Å². The summed E-state index contributed by atoms with van der Waals surface area (Å²) in [5, 5.41) is 13.3. The number of hydrogen-bond acceptors (Lipinski definition) is 3. The van der Waals surface area contributed by atoms with Gasteiger partial charge in [-0.1, -0.05) is 25.1 Å². The summed E-state index contributed by atoms with van der Waals surface area (Å²) in [6, 6.07) is 10.00. The van der Waals surface area contributed by atoms with Crippen LogP contribution in [-0.2, 0) is 6.42 Å². The second kappa shape index (κ2) is 6.13. The molecule has 5 nitrogen and oxygen atoms in total. The maximum Gasteiger partial charge on any atom is 0.270 e. The van der Waals surface area contributed by atoms with E-state index in [1.165, 1.54) is 0 Å². The molecule has 2 aromatic rings. The number of nitrogens with one attached hydrogen (secondary N) is 1. The molecular formula is C15H13FN2O3. The zero-order valence-corrected chi connectivity index (χ0v) is 11.3. The van der Waals surface area contributed by atoms with Crippen molar-refractivity contribution < 1.29 is 14.1 Å². The summed E-state index contributed by atoms with van der Waals surface area (Å²) in [6.07, 6.45) is 0.702. The Morgan fingerprint density at radius 2 is 2.00 bits per heavy atom. The number of amides is 1. The van der Waals surface area contributed by atoms with E-state index in [1.54, 1.807) is 12.1 Å². The Morgan fingerprint density at radius 3 is 2.67 bits per heavy atom. The van der Waals surface area contributed by atoms with Gasteiger partial charge in [0.1, 0.15) is 5.82 Å². The van der Waals surface area contributed by atoms with E-state index >= 15 is 0 Å². The normalized spacial score (nSPS) is 10.2. The standard InChI is InChI=1S/C15H13FN2O3/c1-2-10-5-3-4-6-14(10)17-15(19)12-9-11(18(20)21)7-8-13(12)16/h3-9H,2H2,1H3,(H,17,19). The fraction of sp³-hybridized carbons (Fsp3) is 0.133. The van der Waals surface area contributed by atoms with Crippen molar-refractivity contribution in [3.8, 4) is 0 Å². The first kappa shape index (κ1) is 14.6. The predicted octanol–water partition coefficient (Wildman–Crippen LogP) is 3.55. The van der Waals surface area contributed by atoms with E-state index in [4.69, 9.17) is 0 Å². The van der Waals surface area contributed by atoms with Crippen LogP contribution in [0.15, 0.2) is 42.5 Å². The van der Waals surface area contributed by atoms with Crippen LogP contribution in [0.1, 0.15) is 22.8 Å². The molecule has 0 saturated carbocycles. The number of nitro groups is 1. The minimum atomic E-state index is -0.799. The number of rotatable bonds is 4. The van der Waals surface area contributed by atoms with Crippen LogP contribution in [0.3, 0.4) is 0 Å². The molecule has 21 heavy (non-hydrogen) atoms. The van der Waals surface area contributed by atoms with Gasteiger partial charge in [0.2, 0.25) is 0 Å². The van der Waals surface area contributed by atoms with Crippen molar-refractivity contribution in [2.24, 2.45) is 0 Å². The van der Waals surface area contributed by atoms with Crippen LogP contribution in [0.25, 0.3) is 0 Å². The van der Waals surface area contributed by atoms with Gasteiger partial charge >= 0.3 is 0 Å². The van der Waals surface area contributed by atoms with E-state index in [2.05, 4.69) is 5.32 Å². The smallest absolute Gasteiger partial charge is 0.270 e. The first-order valence-electron chi connectivity index (χ1n) is 6.36. The molecule has 0 fully saturated rings. The minimum Gasteiger partial charge on any atom is -0.322 e. The van der Waals surface area contributed by atoms with Gasteiger partial charge in [0, 0.05) is 17.8 Å². The Morgan fingerprint density at radius 1 is 1.29 bits per heavy atom. The van der Waals surface area contributed by atoms with E-state index in [0.717, 1.165) is 23.8 Å². The Bertz CT molecular complexity index is 701. The van der Waals surface area contributed by atoms with Gasteiger partial charge < -0.3 is 5.32 Å². The van der Waals surface area contributed by atoms with Crippen LogP contribution < -0.4 is 5.32 Å². The topological polar surface area (TPSA) is 72.2 Å². The molecule has 0 spiro atoms. The number of hydrogen-bond donors (Lipinski definition) is 1. The molecule has 0 aromatic heterocycles. The lowest BCUT2D eigenvalue weighted by molar-refractivity contribution is -0.384. The minimum absolute atomic E-state index is 0.328. The van der Waals surface area contributed by atoms with E-state index in [0.29, 0.717) is 12.1 Å². The van der Waals surface area contributed by atoms with Gasteiger partial charge in [0.05, 0.1) is 10.5 Å². The Hall–Kier alpha value is -2.76. The molecule has 1 amide bonds. The molecule has 6 heteroatoms. The number of carbonyl (C=O) groups is 1. The molecular weight excluding hydrogens is 275 g/mol. The van der Waals surface area contributed by atoms with Crippen LogP contribution in [0.4, 0.5) is 15.8 Å². The van der Waals surface area contributed by atoms with Gasteiger partial charge in [0.15, 0.2) is 0 Å². The second-order valence-corrected chi connectivity index (χ2v) is 4.39. The first-order valence-corrected chi connectivity index (χ1v) is 6.36. The van der Waals surface area contributed by atoms with Gasteiger partial charge in [-0.15, -0.1) is 0 Å². The number of halogens is 1. The fourth-order valence-corrected chi connectivity index (χ4v) is 1.94. The molecule has 2 rings (SSSR count). The van der Waals surface area contributed by atoms with Crippen molar-refractivity contribution in [2.45, 2.75) is 13.3 Å². The molecule has 0 atom stereocenters. The number of nitro benzene ring substituents is 1. The van der Waals surface area contributed by atoms with Crippen LogP contribution >= 0.6 is 0 Å². The highest BCUT2D eigenvalue weighted by atomic mass is 19.1. The van der Waals surface area contributed by atoms with E-state index in [9.17, 15) is 19.3 Å². The summed E-state index contributed by atoms with van der Waals surface area (Å²) < 4.78 is 13.7. The maximum absolute atomic E-state index is 13.7. The summed E-state index contributed by atoms with van der Waals surface area (Å²) in [5.41, 5.74) is 0.785. The highest BCUT2D eigenvalue weighted by Crippen LogP contribution is 2.20. The average molecular weight is 288 g/mol. The summed E-state index contributed by atoms with van der Waals surface area (Å²) in [6.45, 7) is 1.93. The third-order valence-corrected chi connectivity index (χ3v) is 3.05. The highest BCUT2D eigenvalue weighted by molar-refractivity contribution is 6.05. The number of nitrogens with zero attached hydrogens (tertiary/aromatic N) is 1. The number of para-hydroxylation sites is 1. The van der Waals surface area contributed by atoms with Gasteiger partial charge in [-0.25, -0.2) is 4.39 Å². The third-order valence-electron chi connectivity index (χ3n) is 3.05. The number of anilines is 1. The summed E-state index contributed by atoms with van der Waals surface area (Å²) >= 11 is 0. The van der Waals surface area contributed by atoms with Crippen molar-refractivity contribution in [3.05, 3.63) is 69.5 Å². The molecule has 2 aromatic carbocycles. The summed E-state index contributed by atoms with van der Waals surface area (Å²) in [4.78, 5) is 22.1. The van der Waals surface area contributed by atoms with Crippen molar-refractivity contribution in [1.82, 2.24) is 0 Å². The first-order chi connectivity index (χ1) is 10.0. The number of non-ortho nitro benzene ring substituents is 1. The second-order valence-electron chi connectivity index (χ2n) is 4.39. The number of benzene rings is 2. The maximum atomic E-state index is 13.7. The van der Waals surface area contributed by atoms with Crippen molar-refractivity contribution in [1.29, 1.82) is 0 Å². The zero-order valence-electron chi connectivity index (χ0n) is 11.3. The van der Waals surface area contributed by atoms with Crippen LogP contribution in [0.5, 0.6) is 0 Å². The lowest BCUT2D eigenvalue weighted by Crippen LogP contribution is -2.15. The molecule has 0 saturated heterocycles. The molecule has 108 valence electrons. The van der Waals surface area contributed by atoms with Crippen LogP contribution in [0, 0.1) is 15.9 Å². The molecule has 0 aliphatic heterocycles. The molecule has 0 heterocycles. The summed E-state index contributed by atoms with van der Waals surface area (Å²) in [7, 11) is 0. The number of aryl methyl sites for hydroxylation is 1. The van der Waals surface area contributed by atoms with Gasteiger partial charge in [-0.2, -0.15) is 0 Å². The lowest BCUT2D eigenvalue weighted by Gasteiger charge is -2.10. The zero-order chi connectivity index (χ0) is 15.4. The molecule has 0 bridgehead atoms. The predicted molar refractivity (Wildman–Crippen MR) is 76.8 cm³/mol. The van der Waals surface area contributed by atoms with Gasteiger partial charge in [-0.3, -0.25) is 14.9 Å². The summed E-state index contributed by atoms with van der Waals surface area (Å²) in [5.74, 6) is -1.51. The van der Waals surface area contributed by atoms with Crippen molar-refractivity contribution in [2.75, 3.05) is 5.32 Å². The van der Waals surface area contributed by atoms with E-state index in [-0.39, 0.29) is 11.3 Å². The SMILES string of the molecule is CCc1ccccc1NC(=O)c1cc([N+](=O)[O-])ccc1F. The largest absolute Gasteiger partial charge is 0.322 e. The van der Waals surface area contributed by atoms with Crippen LogP contribution in [-0.4, -0.2) is 10.8 Å². The lowest BCUT2D eigenvalue weighted by atomic mass is 10.1.